The number of aromatic nitrogens is 1. The molecule has 0 amide bonds. The predicted octanol–water partition coefficient (Wildman–Crippen LogP) is 15.2. The second-order valence-electron chi connectivity index (χ2n) is 14.4. The number of nitrogens with zero attached hydrogens (tertiary/aromatic N) is 2. The summed E-state index contributed by atoms with van der Waals surface area (Å²) in [4.78, 5) is 2.42. The Kier molecular flexibility index (Phi) is 7.82. The van der Waals surface area contributed by atoms with E-state index in [9.17, 15) is 0 Å². The first-order chi connectivity index (χ1) is 28.3. The van der Waals surface area contributed by atoms with E-state index in [1.54, 1.807) is 0 Å². The van der Waals surface area contributed by atoms with E-state index in [0.29, 0.717) is 0 Å². The molecule has 2 aromatic heterocycles. The molecule has 0 aliphatic carbocycles. The quantitative estimate of drug-likeness (QED) is 0.163. The SMILES string of the molecule is c1ccc(-c2ccc(N(c3ccccc3-c3ccccc3-n3c4ccccc4c4ccccc43)c3ccccc3-c3cccc4c3oc3ccccc34)cc2)cc1. The highest BCUT2D eigenvalue weighted by molar-refractivity contribution is 6.12. The second-order valence-corrected chi connectivity index (χ2v) is 14.4. The molecule has 0 atom stereocenters. The molecule has 2 heterocycles. The van der Waals surface area contributed by atoms with E-state index in [4.69, 9.17) is 4.42 Å². The summed E-state index contributed by atoms with van der Waals surface area (Å²) in [6.07, 6.45) is 0. The predicted molar refractivity (Wildman–Crippen MR) is 239 cm³/mol. The first-order valence-electron chi connectivity index (χ1n) is 19.4. The van der Waals surface area contributed by atoms with Crippen LogP contribution in [0, 0.1) is 0 Å². The highest BCUT2D eigenvalue weighted by Crippen LogP contribution is 2.48. The van der Waals surface area contributed by atoms with Crippen molar-refractivity contribution in [1.82, 2.24) is 4.57 Å². The van der Waals surface area contributed by atoms with Crippen LogP contribution in [0.2, 0.25) is 0 Å². The number of anilines is 3. The molecule has 0 N–H and O–H groups in total. The highest BCUT2D eigenvalue weighted by atomic mass is 16.3. The molecule has 11 rings (SSSR count). The van der Waals surface area contributed by atoms with E-state index in [2.05, 4.69) is 222 Å². The van der Waals surface area contributed by atoms with E-state index >= 15 is 0 Å². The third kappa shape index (κ3) is 5.43. The molecule has 0 aliphatic heterocycles. The van der Waals surface area contributed by atoms with Gasteiger partial charge in [-0.3, -0.25) is 0 Å². The van der Waals surface area contributed by atoms with Gasteiger partial charge < -0.3 is 13.9 Å². The molecule has 9 aromatic carbocycles. The molecular weight excluding hydrogens is 693 g/mol. The Labute approximate surface area is 330 Å². The molecule has 3 nitrogen and oxygen atoms in total. The average molecular weight is 729 g/mol. The van der Waals surface area contributed by atoms with Crippen LogP contribution >= 0.6 is 0 Å². The summed E-state index contributed by atoms with van der Waals surface area (Å²) in [6, 6.07) is 78.1. The van der Waals surface area contributed by atoms with Crippen LogP contribution in [0.3, 0.4) is 0 Å². The van der Waals surface area contributed by atoms with Gasteiger partial charge in [0.25, 0.3) is 0 Å². The first kappa shape index (κ1) is 32.8. The van der Waals surface area contributed by atoms with Crippen LogP contribution in [-0.2, 0) is 0 Å². The van der Waals surface area contributed by atoms with Gasteiger partial charge in [-0.1, -0.05) is 170 Å². The van der Waals surface area contributed by atoms with Crippen LogP contribution in [-0.4, -0.2) is 4.57 Å². The van der Waals surface area contributed by atoms with E-state index < -0.39 is 0 Å². The normalized spacial score (nSPS) is 11.5. The Morgan fingerprint density at radius 1 is 0.333 bits per heavy atom. The van der Waals surface area contributed by atoms with Crippen LogP contribution in [0.1, 0.15) is 0 Å². The number of hydrogen-bond donors (Lipinski definition) is 0. The van der Waals surface area contributed by atoms with Crippen molar-refractivity contribution in [2.45, 2.75) is 0 Å². The van der Waals surface area contributed by atoms with Crippen molar-refractivity contribution in [3.8, 4) is 39.1 Å². The molecule has 0 spiro atoms. The Morgan fingerprint density at radius 2 is 0.825 bits per heavy atom. The zero-order valence-electron chi connectivity index (χ0n) is 31.1. The summed E-state index contributed by atoms with van der Waals surface area (Å²) in [5, 5.41) is 4.71. The summed E-state index contributed by atoms with van der Waals surface area (Å²) < 4.78 is 9.07. The van der Waals surface area contributed by atoms with E-state index in [1.807, 2.05) is 6.07 Å². The Morgan fingerprint density at radius 3 is 1.53 bits per heavy atom. The lowest BCUT2D eigenvalue weighted by molar-refractivity contribution is 0.670. The Bertz CT molecular complexity index is 3190. The summed E-state index contributed by atoms with van der Waals surface area (Å²) in [5.41, 5.74) is 15.2. The molecule has 268 valence electrons. The van der Waals surface area contributed by atoms with Gasteiger partial charge in [0.1, 0.15) is 11.2 Å². The van der Waals surface area contributed by atoms with Gasteiger partial charge in [-0.25, -0.2) is 0 Å². The van der Waals surface area contributed by atoms with Crippen LogP contribution in [0.15, 0.2) is 223 Å². The first-order valence-corrected chi connectivity index (χ1v) is 19.4. The molecule has 0 aliphatic rings. The van der Waals surface area contributed by atoms with E-state index in [-0.39, 0.29) is 0 Å². The van der Waals surface area contributed by atoms with Gasteiger partial charge in [-0.15, -0.1) is 0 Å². The molecule has 3 heteroatoms. The number of fused-ring (bicyclic) bond motifs is 6. The number of rotatable bonds is 7. The zero-order chi connectivity index (χ0) is 37.7. The van der Waals surface area contributed by atoms with Gasteiger partial charge in [0, 0.05) is 49.5 Å². The molecule has 11 aromatic rings. The largest absolute Gasteiger partial charge is 0.455 e. The number of para-hydroxylation sites is 7. The van der Waals surface area contributed by atoms with Crippen LogP contribution in [0.4, 0.5) is 17.1 Å². The average Bonchev–Trinajstić information content (AvgIpc) is 3.84. The zero-order valence-corrected chi connectivity index (χ0v) is 31.1. The van der Waals surface area contributed by atoms with E-state index in [0.717, 1.165) is 66.9 Å². The van der Waals surface area contributed by atoms with Gasteiger partial charge in [0.2, 0.25) is 0 Å². The minimum absolute atomic E-state index is 0.885. The molecule has 0 fully saturated rings. The van der Waals surface area contributed by atoms with Crippen molar-refractivity contribution in [3.05, 3.63) is 218 Å². The fourth-order valence-corrected chi connectivity index (χ4v) is 8.67. The summed E-state index contributed by atoms with van der Waals surface area (Å²) >= 11 is 0. The second kappa shape index (κ2) is 13.6. The summed E-state index contributed by atoms with van der Waals surface area (Å²) in [7, 11) is 0. The smallest absolute Gasteiger partial charge is 0.143 e. The highest BCUT2D eigenvalue weighted by Gasteiger charge is 2.24. The van der Waals surface area contributed by atoms with Crippen molar-refractivity contribution >= 4 is 60.8 Å². The fraction of sp³-hybridized carbons (Fsp3) is 0. The lowest BCUT2D eigenvalue weighted by atomic mass is 9.96. The van der Waals surface area contributed by atoms with Gasteiger partial charge in [0.15, 0.2) is 0 Å². The van der Waals surface area contributed by atoms with Crippen LogP contribution in [0.25, 0.3) is 82.8 Å². The van der Waals surface area contributed by atoms with Crippen molar-refractivity contribution in [2.24, 2.45) is 0 Å². The third-order valence-electron chi connectivity index (χ3n) is 11.2. The topological polar surface area (TPSA) is 21.3 Å². The molecule has 0 radical (unpaired) electrons. The van der Waals surface area contributed by atoms with Crippen molar-refractivity contribution in [3.63, 3.8) is 0 Å². The lowest BCUT2D eigenvalue weighted by Crippen LogP contribution is -2.13. The fourth-order valence-electron chi connectivity index (χ4n) is 8.67. The maximum atomic E-state index is 6.65. The summed E-state index contributed by atoms with van der Waals surface area (Å²) in [6.45, 7) is 0. The Balaban J connectivity index is 1.16. The maximum Gasteiger partial charge on any atom is 0.143 e. The van der Waals surface area contributed by atoms with Crippen molar-refractivity contribution in [2.75, 3.05) is 4.90 Å². The molecule has 0 saturated heterocycles. The molecule has 57 heavy (non-hydrogen) atoms. The molecule has 0 bridgehead atoms. The standard InChI is InChI=1S/C54H36N2O/c1-2-17-37(18-3-1)38-33-35-39(36-34-38)55(49-28-11-8-23-44(49)46-25-16-26-47-45-24-9-15-32-53(45)57-54(46)47)48-27-10-4-19-40(48)41-20-5-12-29-50(41)56-51-30-13-6-21-42(51)43-22-7-14-31-52(43)56/h1-36H. The maximum absolute atomic E-state index is 6.65. The van der Waals surface area contributed by atoms with Crippen molar-refractivity contribution < 1.29 is 4.42 Å². The van der Waals surface area contributed by atoms with Gasteiger partial charge >= 0.3 is 0 Å². The van der Waals surface area contributed by atoms with Crippen LogP contribution in [0.5, 0.6) is 0 Å². The molecular formula is C54H36N2O. The van der Waals surface area contributed by atoms with Gasteiger partial charge in [-0.2, -0.15) is 0 Å². The summed E-state index contributed by atoms with van der Waals surface area (Å²) in [5.74, 6) is 0. The van der Waals surface area contributed by atoms with E-state index in [1.165, 1.54) is 32.9 Å². The van der Waals surface area contributed by atoms with Crippen molar-refractivity contribution in [1.29, 1.82) is 0 Å². The van der Waals surface area contributed by atoms with Crippen LogP contribution < -0.4 is 4.90 Å². The third-order valence-corrected chi connectivity index (χ3v) is 11.2. The van der Waals surface area contributed by atoms with Gasteiger partial charge in [-0.05, 0) is 59.7 Å². The molecule has 0 unspecified atom stereocenters. The molecule has 0 saturated carbocycles. The minimum atomic E-state index is 0.885. The Hall–Kier alpha value is -7.62. The number of benzene rings is 9. The van der Waals surface area contributed by atoms with Gasteiger partial charge in [0.05, 0.1) is 28.1 Å². The minimum Gasteiger partial charge on any atom is -0.455 e. The number of hydrogen-bond acceptors (Lipinski definition) is 2. The lowest BCUT2D eigenvalue weighted by Gasteiger charge is -2.30. The monoisotopic (exact) mass is 728 g/mol. The number of furan rings is 1.